The van der Waals surface area contributed by atoms with Crippen LogP contribution in [0, 0.1) is 13.8 Å². The van der Waals surface area contributed by atoms with E-state index in [2.05, 4.69) is 47.5 Å². The van der Waals surface area contributed by atoms with Gasteiger partial charge in [0.1, 0.15) is 0 Å². The Balaban J connectivity index is 1.23. The molecule has 5 rings (SSSR count). The van der Waals surface area contributed by atoms with Crippen LogP contribution in [-0.4, -0.2) is 65.3 Å². The molecule has 0 bridgehead atoms. The van der Waals surface area contributed by atoms with E-state index in [1.54, 1.807) is 0 Å². The van der Waals surface area contributed by atoms with Crippen molar-refractivity contribution in [2.24, 2.45) is 0 Å². The summed E-state index contributed by atoms with van der Waals surface area (Å²) in [6.07, 6.45) is 1.54. The van der Waals surface area contributed by atoms with E-state index in [1.807, 2.05) is 59.2 Å². The summed E-state index contributed by atoms with van der Waals surface area (Å²) in [6.45, 7) is 9.67. The largest absolute Gasteiger partial charge is 0.339 e. The highest BCUT2D eigenvalue weighted by atomic mass is 32.1. The molecule has 2 aliphatic heterocycles. The lowest BCUT2D eigenvalue weighted by atomic mass is 9.90. The topological polar surface area (TPSA) is 43.9 Å². The van der Waals surface area contributed by atoms with Gasteiger partial charge in [0.05, 0.1) is 6.04 Å². The predicted molar refractivity (Wildman–Crippen MR) is 145 cm³/mol. The summed E-state index contributed by atoms with van der Waals surface area (Å²) in [6, 6.07) is 18.8. The Hall–Kier alpha value is -2.96. The van der Waals surface area contributed by atoms with Gasteiger partial charge in [-0.25, -0.2) is 0 Å². The SMILES string of the molecule is Cc1ccccc1C(=O)N1CCN(C(=O)CCN2CCc3sccc3[C@H]2c2ccccc2C)C[C@@H]1C. The van der Waals surface area contributed by atoms with E-state index < -0.39 is 0 Å². The molecule has 0 spiro atoms. The van der Waals surface area contributed by atoms with Gasteiger partial charge in [-0.1, -0.05) is 42.5 Å². The van der Waals surface area contributed by atoms with E-state index >= 15 is 0 Å². The Bertz CT molecular complexity index is 1250. The van der Waals surface area contributed by atoms with Gasteiger partial charge >= 0.3 is 0 Å². The normalized spacial score (nSPS) is 20.3. The zero-order chi connectivity index (χ0) is 25.2. The van der Waals surface area contributed by atoms with Crippen molar-refractivity contribution in [3.8, 4) is 0 Å². The number of nitrogens with zero attached hydrogens (tertiary/aromatic N) is 3. The Kier molecular flexibility index (Phi) is 7.26. The molecule has 1 aromatic heterocycles. The molecule has 0 aliphatic carbocycles. The molecule has 6 heteroatoms. The summed E-state index contributed by atoms with van der Waals surface area (Å²) in [4.78, 5) is 34.2. The van der Waals surface area contributed by atoms with Crippen molar-refractivity contribution in [3.05, 3.63) is 92.7 Å². The molecule has 3 heterocycles. The first-order chi connectivity index (χ1) is 17.4. The lowest BCUT2D eigenvalue weighted by molar-refractivity contribution is -0.134. The van der Waals surface area contributed by atoms with E-state index in [9.17, 15) is 9.59 Å². The second-order valence-electron chi connectivity index (χ2n) is 10.1. The van der Waals surface area contributed by atoms with E-state index in [4.69, 9.17) is 0 Å². The van der Waals surface area contributed by atoms with Crippen LogP contribution in [0.15, 0.2) is 60.0 Å². The first kappa shape index (κ1) is 24.7. The van der Waals surface area contributed by atoms with Crippen LogP contribution in [0.2, 0.25) is 0 Å². The highest BCUT2D eigenvalue weighted by molar-refractivity contribution is 7.10. The molecule has 0 radical (unpaired) electrons. The second-order valence-corrected chi connectivity index (χ2v) is 11.1. The number of benzene rings is 2. The van der Waals surface area contributed by atoms with Gasteiger partial charge in [0.25, 0.3) is 5.91 Å². The summed E-state index contributed by atoms with van der Waals surface area (Å²) in [5.41, 5.74) is 5.77. The summed E-state index contributed by atoms with van der Waals surface area (Å²) < 4.78 is 0. The van der Waals surface area contributed by atoms with Crippen LogP contribution in [0.1, 0.15) is 56.9 Å². The number of piperazine rings is 1. The van der Waals surface area contributed by atoms with Gasteiger partial charge in [0.15, 0.2) is 0 Å². The van der Waals surface area contributed by atoms with E-state index in [1.165, 1.54) is 21.6 Å². The molecule has 0 unspecified atom stereocenters. The van der Waals surface area contributed by atoms with Gasteiger partial charge in [0, 0.05) is 55.6 Å². The smallest absolute Gasteiger partial charge is 0.254 e. The highest BCUT2D eigenvalue weighted by Crippen LogP contribution is 2.38. The van der Waals surface area contributed by atoms with E-state index in [0.29, 0.717) is 26.1 Å². The number of amides is 2. The van der Waals surface area contributed by atoms with Crippen molar-refractivity contribution in [2.75, 3.05) is 32.7 Å². The second kappa shape index (κ2) is 10.6. The van der Waals surface area contributed by atoms with Gasteiger partial charge < -0.3 is 9.80 Å². The number of hydrogen-bond donors (Lipinski definition) is 0. The fourth-order valence-corrected chi connectivity index (χ4v) is 6.62. The van der Waals surface area contributed by atoms with Gasteiger partial charge in [-0.15, -0.1) is 11.3 Å². The number of carbonyl (C=O) groups is 2. The maximum absolute atomic E-state index is 13.3. The van der Waals surface area contributed by atoms with Crippen LogP contribution in [0.3, 0.4) is 0 Å². The molecule has 1 saturated heterocycles. The molecule has 188 valence electrons. The third kappa shape index (κ3) is 4.84. The Labute approximate surface area is 218 Å². The van der Waals surface area contributed by atoms with Crippen molar-refractivity contribution >= 4 is 23.2 Å². The lowest BCUT2D eigenvalue weighted by Crippen LogP contribution is -2.55. The minimum atomic E-state index is -0.00197. The molecule has 2 aliphatic rings. The fourth-order valence-electron chi connectivity index (χ4n) is 5.72. The van der Waals surface area contributed by atoms with Crippen LogP contribution < -0.4 is 0 Å². The quantitative estimate of drug-likeness (QED) is 0.490. The highest BCUT2D eigenvalue weighted by Gasteiger charge is 2.33. The lowest BCUT2D eigenvalue weighted by Gasteiger charge is -2.41. The van der Waals surface area contributed by atoms with Gasteiger partial charge in [-0.2, -0.15) is 0 Å². The number of rotatable bonds is 5. The Morgan fingerprint density at radius 3 is 2.42 bits per heavy atom. The first-order valence-corrected chi connectivity index (χ1v) is 13.8. The van der Waals surface area contributed by atoms with Crippen molar-refractivity contribution in [1.82, 2.24) is 14.7 Å². The van der Waals surface area contributed by atoms with Crippen molar-refractivity contribution in [2.45, 2.75) is 45.7 Å². The third-order valence-corrected chi connectivity index (χ3v) is 8.77. The number of hydrogen-bond acceptors (Lipinski definition) is 4. The molecule has 3 aromatic rings. The average molecular weight is 502 g/mol. The number of fused-ring (bicyclic) bond motifs is 1. The number of aryl methyl sites for hydroxylation is 2. The third-order valence-electron chi connectivity index (χ3n) is 7.78. The summed E-state index contributed by atoms with van der Waals surface area (Å²) in [5, 5.41) is 2.20. The van der Waals surface area contributed by atoms with Crippen LogP contribution in [-0.2, 0) is 11.2 Å². The number of thiophene rings is 1. The van der Waals surface area contributed by atoms with E-state index in [0.717, 1.165) is 30.6 Å². The van der Waals surface area contributed by atoms with Crippen LogP contribution in [0.4, 0.5) is 0 Å². The van der Waals surface area contributed by atoms with Crippen molar-refractivity contribution in [3.63, 3.8) is 0 Å². The standard InChI is InChI=1S/C30H35N3O2S/c1-21-8-4-6-10-24(21)29-26-14-19-36-27(26)12-15-31(29)16-13-28(34)32-17-18-33(23(3)20-32)30(35)25-11-7-5-9-22(25)2/h4-11,14,19,23,29H,12-13,15-18,20H2,1-3H3/t23-,29+/m0/s1. The Morgan fingerprint density at radius 1 is 0.917 bits per heavy atom. The summed E-state index contributed by atoms with van der Waals surface area (Å²) >= 11 is 1.85. The zero-order valence-electron chi connectivity index (χ0n) is 21.4. The van der Waals surface area contributed by atoms with Gasteiger partial charge in [-0.05, 0) is 67.0 Å². The van der Waals surface area contributed by atoms with Crippen molar-refractivity contribution in [1.29, 1.82) is 0 Å². The molecule has 0 N–H and O–H groups in total. The molecule has 2 aromatic carbocycles. The van der Waals surface area contributed by atoms with Crippen LogP contribution in [0.25, 0.3) is 0 Å². The van der Waals surface area contributed by atoms with Gasteiger partial charge in [0.2, 0.25) is 5.91 Å². The van der Waals surface area contributed by atoms with Gasteiger partial charge in [-0.3, -0.25) is 14.5 Å². The van der Waals surface area contributed by atoms with Crippen molar-refractivity contribution < 1.29 is 9.59 Å². The maximum Gasteiger partial charge on any atom is 0.254 e. The monoisotopic (exact) mass is 501 g/mol. The molecule has 0 saturated carbocycles. The predicted octanol–water partition coefficient (Wildman–Crippen LogP) is 5.08. The minimum Gasteiger partial charge on any atom is -0.339 e. The van der Waals surface area contributed by atoms with Crippen LogP contribution >= 0.6 is 11.3 Å². The molecule has 2 atom stereocenters. The summed E-state index contributed by atoms with van der Waals surface area (Å²) in [7, 11) is 0. The molecule has 2 amide bonds. The zero-order valence-corrected chi connectivity index (χ0v) is 22.3. The molecule has 5 nitrogen and oxygen atoms in total. The fraction of sp³-hybridized carbons (Fsp3) is 0.400. The van der Waals surface area contributed by atoms with E-state index in [-0.39, 0.29) is 23.9 Å². The molecular formula is C30H35N3O2S. The average Bonchev–Trinajstić information content (AvgIpc) is 3.36. The number of carbonyl (C=O) groups excluding carboxylic acids is 2. The first-order valence-electron chi connectivity index (χ1n) is 12.9. The minimum absolute atomic E-state index is 0.00197. The Morgan fingerprint density at radius 2 is 1.67 bits per heavy atom. The molecular weight excluding hydrogens is 466 g/mol. The molecule has 1 fully saturated rings. The van der Waals surface area contributed by atoms with Crippen LogP contribution in [0.5, 0.6) is 0 Å². The summed E-state index contributed by atoms with van der Waals surface area (Å²) in [5.74, 6) is 0.248. The maximum atomic E-state index is 13.3. The molecule has 36 heavy (non-hydrogen) atoms.